The monoisotopic (exact) mass is 452 g/mol. The van der Waals surface area contributed by atoms with Gasteiger partial charge >= 0.3 is 12.4 Å². The van der Waals surface area contributed by atoms with E-state index >= 15 is 0 Å². The highest BCUT2D eigenvalue weighted by atomic mass is 19.4. The van der Waals surface area contributed by atoms with E-state index in [1.165, 1.54) is 32.0 Å². The van der Waals surface area contributed by atoms with Gasteiger partial charge in [-0.3, -0.25) is 4.79 Å². The number of nitrogens with one attached hydrogen (secondary N) is 2. The molecule has 0 aliphatic carbocycles. The Balaban J connectivity index is 2.53. The summed E-state index contributed by atoms with van der Waals surface area (Å²) in [6.07, 6.45) is -12.1. The van der Waals surface area contributed by atoms with Crippen molar-refractivity contribution >= 4 is 17.3 Å². The smallest absolute Gasteiger partial charge is 0.430 e. The normalized spacial score (nSPS) is 13.8. The number of quaternary nitrogens is 1. The molecule has 1 amide bonds. The van der Waals surface area contributed by atoms with Gasteiger partial charge in [0.25, 0.3) is 11.5 Å². The highest BCUT2D eigenvalue weighted by Crippen LogP contribution is 2.50. The van der Waals surface area contributed by atoms with Crippen LogP contribution in [0.15, 0.2) is 36.4 Å². The van der Waals surface area contributed by atoms with Crippen molar-refractivity contribution in [3.05, 3.63) is 63.9 Å². The lowest BCUT2D eigenvalue weighted by Gasteiger charge is -2.33. The Labute approximate surface area is 172 Å². The second-order valence-corrected chi connectivity index (χ2v) is 6.73. The molecule has 0 heterocycles. The Kier molecular flexibility index (Phi) is 6.71. The Morgan fingerprint density at radius 2 is 1.68 bits per heavy atom. The molecule has 12 heteroatoms. The van der Waals surface area contributed by atoms with Gasteiger partial charge in [-0.2, -0.15) is 31.6 Å². The van der Waals surface area contributed by atoms with Gasteiger partial charge in [0.05, 0.1) is 0 Å². The van der Waals surface area contributed by atoms with Crippen LogP contribution in [0, 0.1) is 12.1 Å². The van der Waals surface area contributed by atoms with E-state index in [0.717, 1.165) is 6.07 Å². The first-order valence-electron chi connectivity index (χ1n) is 8.78. The molecule has 1 unspecified atom stereocenters. The second-order valence-electron chi connectivity index (χ2n) is 6.73. The van der Waals surface area contributed by atoms with Gasteiger partial charge in [-0.1, -0.05) is 25.1 Å². The molecule has 2 aromatic rings. The number of rotatable bonds is 5. The lowest BCUT2D eigenvalue weighted by atomic mass is 9.88. The van der Waals surface area contributed by atoms with E-state index in [4.69, 9.17) is 5.21 Å². The van der Waals surface area contributed by atoms with Crippen molar-refractivity contribution < 1.29 is 46.7 Å². The van der Waals surface area contributed by atoms with Crippen LogP contribution < -0.4 is 10.5 Å². The summed E-state index contributed by atoms with van der Waals surface area (Å²) in [6.45, 7) is 2.62. The van der Waals surface area contributed by atoms with Crippen molar-refractivity contribution in [2.75, 3.05) is 5.32 Å². The summed E-state index contributed by atoms with van der Waals surface area (Å²) in [5.74, 6) is -0.810. The van der Waals surface area contributed by atoms with Gasteiger partial charge in [0, 0.05) is 28.9 Å². The number of alkyl halides is 6. The van der Waals surface area contributed by atoms with Crippen LogP contribution in [0.2, 0.25) is 0 Å². The van der Waals surface area contributed by atoms with Crippen molar-refractivity contribution in [2.45, 2.75) is 38.2 Å². The van der Waals surface area contributed by atoms with Crippen LogP contribution in [-0.2, 0) is 12.0 Å². The maximum atomic E-state index is 13.2. The largest absolute Gasteiger partial charge is 0.595 e. The van der Waals surface area contributed by atoms with Gasteiger partial charge < -0.3 is 15.6 Å². The molecule has 0 aliphatic heterocycles. The third-order valence-corrected chi connectivity index (χ3v) is 4.65. The number of halogens is 6. The van der Waals surface area contributed by atoms with Gasteiger partial charge in [-0.25, -0.2) is 5.21 Å². The maximum absolute atomic E-state index is 13.2. The van der Waals surface area contributed by atoms with E-state index in [9.17, 15) is 41.5 Å². The summed E-state index contributed by atoms with van der Waals surface area (Å²) in [7, 11) is 0. The molecule has 0 fully saturated rings. The Bertz CT molecular complexity index is 959. The van der Waals surface area contributed by atoms with Crippen molar-refractivity contribution in [1.82, 2.24) is 0 Å². The summed E-state index contributed by atoms with van der Waals surface area (Å²) in [4.78, 5) is 12.5. The number of carbonyl (C=O) groups is 1. The van der Waals surface area contributed by atoms with Crippen LogP contribution in [0.1, 0.15) is 34.0 Å². The minimum absolute atomic E-state index is 0.0383. The van der Waals surface area contributed by atoms with Crippen molar-refractivity contribution in [3.63, 3.8) is 0 Å². The van der Waals surface area contributed by atoms with Crippen LogP contribution in [-0.4, -0.2) is 28.6 Å². The topological polar surface area (TPSA) is 97.1 Å². The average Bonchev–Trinajstić information content (AvgIpc) is 2.66. The number of hydrogen-bond acceptors (Lipinski definition) is 4. The number of aryl methyl sites for hydroxylation is 2. The summed E-state index contributed by atoms with van der Waals surface area (Å²) in [5, 5.41) is 30.8. The lowest BCUT2D eigenvalue weighted by Crippen LogP contribution is -2.99. The zero-order valence-electron chi connectivity index (χ0n) is 16.1. The van der Waals surface area contributed by atoms with E-state index in [-0.39, 0.29) is 34.5 Å². The van der Waals surface area contributed by atoms with Crippen LogP contribution in [0.3, 0.4) is 0 Å². The maximum Gasteiger partial charge on any atom is 0.430 e. The van der Waals surface area contributed by atoms with Crippen LogP contribution >= 0.6 is 0 Å². The van der Waals surface area contributed by atoms with Crippen LogP contribution in [0.25, 0.3) is 0 Å². The molecule has 0 aromatic heterocycles. The van der Waals surface area contributed by atoms with Gasteiger partial charge in [0.15, 0.2) is 5.69 Å². The Morgan fingerprint density at radius 1 is 1.10 bits per heavy atom. The molecule has 0 saturated carbocycles. The second kappa shape index (κ2) is 8.46. The Hall–Kier alpha value is -2.67. The molecule has 2 rings (SSSR count). The van der Waals surface area contributed by atoms with Gasteiger partial charge in [0.2, 0.25) is 0 Å². The van der Waals surface area contributed by atoms with Crippen molar-refractivity contribution in [2.24, 2.45) is 0 Å². The van der Waals surface area contributed by atoms with E-state index < -0.39 is 34.7 Å². The minimum Gasteiger partial charge on any atom is -0.595 e. The molecule has 2 aromatic carbocycles. The van der Waals surface area contributed by atoms with Crippen molar-refractivity contribution in [1.29, 1.82) is 0 Å². The lowest BCUT2D eigenvalue weighted by molar-refractivity contribution is -0.991. The number of benzene rings is 2. The van der Waals surface area contributed by atoms with E-state index in [0.29, 0.717) is 12.1 Å². The number of amides is 1. The predicted molar refractivity (Wildman–Crippen MR) is 96.7 cm³/mol. The molecular formula is C19H18F6N2O4. The van der Waals surface area contributed by atoms with Crippen LogP contribution in [0.4, 0.5) is 37.7 Å². The molecule has 170 valence electrons. The minimum atomic E-state index is -6.04. The summed E-state index contributed by atoms with van der Waals surface area (Å²) < 4.78 is 79.2. The molecule has 0 bridgehead atoms. The first kappa shape index (κ1) is 24.6. The first-order valence-corrected chi connectivity index (χ1v) is 8.78. The zero-order chi connectivity index (χ0) is 23.8. The molecule has 4 N–H and O–H groups in total. The summed E-state index contributed by atoms with van der Waals surface area (Å²) in [5.41, 5.74) is -7.04. The van der Waals surface area contributed by atoms with Gasteiger partial charge in [-0.15, -0.1) is 0 Å². The van der Waals surface area contributed by atoms with E-state index in [1.54, 1.807) is 0 Å². The fourth-order valence-electron chi connectivity index (χ4n) is 2.99. The third kappa shape index (κ3) is 4.66. The number of carbonyl (C=O) groups excluding carboxylic acids is 1. The Morgan fingerprint density at radius 3 is 2.16 bits per heavy atom. The summed E-state index contributed by atoms with van der Waals surface area (Å²) >= 11 is 0. The molecule has 31 heavy (non-hydrogen) atoms. The molecule has 0 radical (unpaired) electrons. The number of aliphatic hydroxyl groups is 1. The quantitative estimate of drug-likeness (QED) is 0.412. The molecule has 0 spiro atoms. The fraction of sp³-hybridized carbons (Fsp3) is 0.316. The predicted octanol–water partition coefficient (Wildman–Crippen LogP) is 3.53. The first-order chi connectivity index (χ1) is 14.1. The standard InChI is InChI=1S/C19H18F6N2O4/c1-3-11-8-13(17(29,18(20,21)22)19(23,24)25)7-10(2)15(11)26-16(28)12-5-4-6-14(9-12)27(30)31/h4-9,27,29-30H,3H2,1-2H3,(H,26,28). The van der Waals surface area contributed by atoms with E-state index in [2.05, 4.69) is 5.32 Å². The molecule has 1 atom stereocenters. The fourth-order valence-corrected chi connectivity index (χ4v) is 2.99. The molecular weight excluding hydrogens is 434 g/mol. The van der Waals surface area contributed by atoms with E-state index in [1.807, 2.05) is 0 Å². The van der Waals surface area contributed by atoms with Crippen molar-refractivity contribution in [3.8, 4) is 0 Å². The van der Waals surface area contributed by atoms with Gasteiger partial charge in [0.1, 0.15) is 0 Å². The number of hydrogen-bond donors (Lipinski definition) is 4. The average molecular weight is 452 g/mol. The van der Waals surface area contributed by atoms with Gasteiger partial charge in [-0.05, 0) is 30.5 Å². The third-order valence-electron chi connectivity index (χ3n) is 4.65. The SMILES string of the molecule is CCc1cc(C(O)(C(F)(F)F)C(F)(F)F)cc(C)c1NC(=O)c1cccc([NH+]([O-])O)c1. The molecule has 6 nitrogen and oxygen atoms in total. The van der Waals surface area contributed by atoms with Crippen LogP contribution in [0.5, 0.6) is 0 Å². The highest BCUT2D eigenvalue weighted by Gasteiger charge is 2.71. The number of anilines is 1. The zero-order valence-corrected chi connectivity index (χ0v) is 16.1. The highest BCUT2D eigenvalue weighted by molar-refractivity contribution is 6.05. The molecule has 0 aliphatic rings. The summed E-state index contributed by atoms with van der Waals surface area (Å²) in [6, 6.07) is 5.95. The molecule has 0 saturated heterocycles.